The van der Waals surface area contributed by atoms with Gasteiger partial charge in [-0.1, -0.05) is 16.5 Å². The SMILES string of the molecule is COc1ccc2sc(NN3C4C(N)=NN3C4N)nc2c1. The van der Waals surface area contributed by atoms with Crippen molar-refractivity contribution in [1.29, 1.82) is 0 Å². The van der Waals surface area contributed by atoms with E-state index in [0.29, 0.717) is 5.84 Å². The number of amidine groups is 1. The van der Waals surface area contributed by atoms with Crippen LogP contribution in [0, 0.1) is 0 Å². The number of nitrogens with one attached hydrogen (secondary N) is 1. The van der Waals surface area contributed by atoms with Gasteiger partial charge in [-0.05, 0) is 12.1 Å². The fraction of sp³-hybridized carbons (Fsp3) is 0.273. The van der Waals surface area contributed by atoms with Gasteiger partial charge in [-0.3, -0.25) is 5.43 Å². The molecule has 2 aromatic rings. The molecular formula is C11H13N7OS. The fourth-order valence-electron chi connectivity index (χ4n) is 2.37. The zero-order valence-electron chi connectivity index (χ0n) is 10.6. The van der Waals surface area contributed by atoms with Crippen LogP contribution in [0.15, 0.2) is 23.3 Å². The average molecular weight is 291 g/mol. The Labute approximate surface area is 118 Å². The lowest BCUT2D eigenvalue weighted by Gasteiger charge is -2.45. The number of aromatic nitrogens is 1. The highest BCUT2D eigenvalue weighted by atomic mass is 32.1. The number of methoxy groups -OCH3 is 1. The molecule has 104 valence electrons. The Morgan fingerprint density at radius 3 is 2.95 bits per heavy atom. The first-order valence-electron chi connectivity index (χ1n) is 6.06. The Morgan fingerprint density at radius 1 is 1.45 bits per heavy atom. The Hall–Kier alpha value is -2.10. The van der Waals surface area contributed by atoms with Gasteiger partial charge in [0.2, 0.25) is 0 Å². The molecule has 2 unspecified atom stereocenters. The Bertz CT molecular complexity index is 714. The summed E-state index contributed by atoms with van der Waals surface area (Å²) >= 11 is 1.55. The number of hydrazone groups is 1. The first kappa shape index (κ1) is 11.7. The normalized spacial score (nSPS) is 24.7. The number of thiazole rings is 1. The van der Waals surface area contributed by atoms with Crippen LogP contribution in [0.2, 0.25) is 0 Å². The van der Waals surface area contributed by atoms with Crippen LogP contribution in [0.3, 0.4) is 0 Å². The van der Waals surface area contributed by atoms with Gasteiger partial charge in [0, 0.05) is 6.07 Å². The van der Waals surface area contributed by atoms with Crippen LogP contribution in [0.1, 0.15) is 0 Å². The van der Waals surface area contributed by atoms with E-state index < -0.39 is 0 Å². The third-order valence-electron chi connectivity index (χ3n) is 3.40. The van der Waals surface area contributed by atoms with Crippen molar-refractivity contribution in [2.24, 2.45) is 16.6 Å². The predicted octanol–water partition coefficient (Wildman–Crippen LogP) is 0.104. The molecule has 5 rings (SSSR count). The van der Waals surface area contributed by atoms with Crippen molar-refractivity contribution < 1.29 is 4.74 Å². The molecule has 0 aliphatic carbocycles. The number of nitrogens with zero attached hydrogens (tertiary/aromatic N) is 4. The van der Waals surface area contributed by atoms with Crippen LogP contribution < -0.4 is 21.6 Å². The third-order valence-corrected chi connectivity index (χ3v) is 4.34. The minimum Gasteiger partial charge on any atom is -0.497 e. The van der Waals surface area contributed by atoms with Gasteiger partial charge in [0.15, 0.2) is 5.13 Å². The lowest BCUT2D eigenvalue weighted by molar-refractivity contribution is -0.143. The van der Waals surface area contributed by atoms with Crippen LogP contribution in [0.25, 0.3) is 10.2 Å². The van der Waals surface area contributed by atoms with Crippen LogP contribution in [-0.2, 0) is 0 Å². The third kappa shape index (κ3) is 1.48. The van der Waals surface area contributed by atoms with Gasteiger partial charge in [0.25, 0.3) is 0 Å². The maximum Gasteiger partial charge on any atom is 0.200 e. The summed E-state index contributed by atoms with van der Waals surface area (Å²) in [6.45, 7) is 0. The second-order valence-corrected chi connectivity index (χ2v) is 5.62. The number of ether oxygens (including phenoxy) is 1. The molecule has 4 heterocycles. The van der Waals surface area contributed by atoms with Gasteiger partial charge in [-0.25, -0.2) is 4.98 Å². The molecule has 1 saturated heterocycles. The smallest absolute Gasteiger partial charge is 0.200 e. The number of hydrogen-bond acceptors (Lipinski definition) is 9. The quantitative estimate of drug-likeness (QED) is 0.736. The summed E-state index contributed by atoms with van der Waals surface area (Å²) in [5.41, 5.74) is 15.7. The highest BCUT2D eigenvalue weighted by molar-refractivity contribution is 7.22. The van der Waals surface area contributed by atoms with Crippen LogP contribution in [0.5, 0.6) is 5.75 Å². The monoisotopic (exact) mass is 291 g/mol. The molecule has 2 atom stereocenters. The van der Waals surface area contributed by atoms with Gasteiger partial charge in [0.1, 0.15) is 23.8 Å². The number of hydrogen-bond donors (Lipinski definition) is 3. The summed E-state index contributed by atoms with van der Waals surface area (Å²) in [6, 6.07) is 5.70. The van der Waals surface area contributed by atoms with Crippen molar-refractivity contribution >= 4 is 32.5 Å². The van der Waals surface area contributed by atoms with E-state index in [4.69, 9.17) is 16.2 Å². The van der Waals surface area contributed by atoms with Crippen LogP contribution in [0.4, 0.5) is 5.13 Å². The number of hydrazine groups is 2. The summed E-state index contributed by atoms with van der Waals surface area (Å²) in [6.07, 6.45) is -0.183. The van der Waals surface area contributed by atoms with Crippen molar-refractivity contribution in [3.63, 3.8) is 0 Å². The number of nitrogens with two attached hydrogens (primary N) is 2. The molecule has 3 aliphatic rings. The molecule has 0 saturated carbocycles. The molecule has 0 amide bonds. The zero-order chi connectivity index (χ0) is 13.9. The van der Waals surface area contributed by atoms with E-state index in [9.17, 15) is 0 Å². The Kier molecular flexibility index (Phi) is 2.31. The second kappa shape index (κ2) is 3.95. The molecule has 1 aromatic heterocycles. The van der Waals surface area contributed by atoms with Crippen LogP contribution >= 0.6 is 11.3 Å². The minimum atomic E-state index is -0.183. The number of anilines is 1. The number of rotatable bonds is 3. The minimum absolute atomic E-state index is 0.100. The molecule has 9 heteroatoms. The van der Waals surface area contributed by atoms with Crippen LogP contribution in [-0.4, -0.2) is 40.4 Å². The maximum atomic E-state index is 5.89. The highest BCUT2D eigenvalue weighted by Gasteiger charge is 2.53. The van der Waals surface area contributed by atoms with Crippen molar-refractivity contribution in [2.45, 2.75) is 12.2 Å². The van der Waals surface area contributed by atoms with E-state index in [1.54, 1.807) is 28.7 Å². The largest absolute Gasteiger partial charge is 0.497 e. The molecule has 5 N–H and O–H groups in total. The van der Waals surface area contributed by atoms with E-state index in [1.165, 1.54) is 0 Å². The molecule has 3 aliphatic heterocycles. The standard InChI is InChI=1S/C11H13N7OS/c1-19-5-2-3-7-6(4-5)14-11(20-7)16-17-8-9(12)15-18(17)10(8)13/h2-4,8,10H,13H2,1H3,(H2,12,15)(H,14,16). The molecule has 0 radical (unpaired) electrons. The zero-order valence-corrected chi connectivity index (χ0v) is 11.5. The first-order valence-corrected chi connectivity index (χ1v) is 6.88. The van der Waals surface area contributed by atoms with Crippen molar-refractivity contribution in [1.82, 2.24) is 15.2 Å². The number of fused-ring (bicyclic) bond motifs is 1. The summed E-state index contributed by atoms with van der Waals surface area (Å²) in [7, 11) is 1.64. The van der Waals surface area contributed by atoms with E-state index in [1.807, 2.05) is 18.2 Å². The summed E-state index contributed by atoms with van der Waals surface area (Å²) in [4.78, 5) is 4.52. The van der Waals surface area contributed by atoms with Gasteiger partial charge >= 0.3 is 0 Å². The molecule has 2 bridgehead atoms. The topological polar surface area (TPSA) is 105 Å². The Morgan fingerprint density at radius 2 is 2.30 bits per heavy atom. The molecule has 0 spiro atoms. The van der Waals surface area contributed by atoms with Gasteiger partial charge in [0.05, 0.1) is 17.3 Å². The average Bonchev–Trinajstić information content (AvgIpc) is 3.08. The van der Waals surface area contributed by atoms with Gasteiger partial charge < -0.3 is 16.2 Å². The second-order valence-electron chi connectivity index (χ2n) is 4.59. The van der Waals surface area contributed by atoms with Gasteiger partial charge in [-0.15, -0.1) is 5.10 Å². The van der Waals surface area contributed by atoms with E-state index in [2.05, 4.69) is 15.5 Å². The highest BCUT2D eigenvalue weighted by Crippen LogP contribution is 2.34. The maximum absolute atomic E-state index is 5.89. The fourth-order valence-corrected chi connectivity index (χ4v) is 3.20. The van der Waals surface area contributed by atoms with Gasteiger partial charge in [-0.2, -0.15) is 5.12 Å². The number of benzene rings is 1. The summed E-state index contributed by atoms with van der Waals surface area (Å²) < 4.78 is 6.27. The van der Waals surface area contributed by atoms with E-state index >= 15 is 0 Å². The Balaban J connectivity index is 1.58. The molecule has 8 nitrogen and oxygen atoms in total. The predicted molar refractivity (Wildman–Crippen MR) is 76.9 cm³/mol. The lowest BCUT2D eigenvalue weighted by atomic mass is 10.2. The van der Waals surface area contributed by atoms with Crippen molar-refractivity contribution in [3.8, 4) is 5.75 Å². The first-order chi connectivity index (χ1) is 9.67. The molecular weight excluding hydrogens is 278 g/mol. The molecule has 20 heavy (non-hydrogen) atoms. The molecule has 1 fully saturated rings. The lowest BCUT2D eigenvalue weighted by Crippen LogP contribution is -2.72. The van der Waals surface area contributed by atoms with Crippen molar-refractivity contribution in [3.05, 3.63) is 18.2 Å². The van der Waals surface area contributed by atoms with Crippen molar-refractivity contribution in [2.75, 3.05) is 12.5 Å². The summed E-state index contributed by atoms with van der Waals surface area (Å²) in [5, 5.41) is 8.29. The van der Waals surface area contributed by atoms with E-state index in [-0.39, 0.29) is 12.2 Å². The van der Waals surface area contributed by atoms with E-state index in [0.717, 1.165) is 21.1 Å². The summed E-state index contributed by atoms with van der Waals surface area (Å²) in [5.74, 6) is 1.31. The molecule has 1 aromatic carbocycles.